The topological polar surface area (TPSA) is 37.3 Å². The maximum absolute atomic E-state index is 13.0. The Hall–Kier alpha value is -3.27. The molecule has 0 unspecified atom stereocenters. The van der Waals surface area contributed by atoms with Crippen molar-refractivity contribution in [2.75, 3.05) is 11.9 Å². The lowest BCUT2D eigenvalue weighted by atomic mass is 10.1. The Kier molecular flexibility index (Phi) is 6.90. The predicted octanol–water partition coefficient (Wildman–Crippen LogP) is 5.63. The van der Waals surface area contributed by atoms with E-state index in [2.05, 4.69) is 66.8 Å². The molecule has 2 amide bonds. The first-order chi connectivity index (χ1) is 14.1. The zero-order valence-corrected chi connectivity index (χ0v) is 17.3. The fraction of sp³-hybridized carbons (Fsp3) is 0.240. The minimum absolute atomic E-state index is 0.116. The van der Waals surface area contributed by atoms with Crippen molar-refractivity contribution in [2.24, 2.45) is 0 Å². The number of hydrogen-bond donors (Lipinski definition) is 1. The molecule has 0 fully saturated rings. The SMILES string of the molecule is C=CCN(Cc1cccn1Cc1ccccc1C)C(=O)Nc1ccccc1CC. The van der Waals surface area contributed by atoms with Crippen molar-refractivity contribution >= 4 is 11.7 Å². The molecule has 3 rings (SSSR count). The first-order valence-electron chi connectivity index (χ1n) is 10.1. The average Bonchev–Trinajstić information content (AvgIpc) is 3.16. The molecule has 0 aliphatic heterocycles. The third-order valence-corrected chi connectivity index (χ3v) is 5.15. The van der Waals surface area contributed by atoms with Crippen molar-refractivity contribution in [3.05, 3.63) is 102 Å². The molecule has 3 aromatic rings. The molecule has 1 heterocycles. The molecule has 0 radical (unpaired) electrons. The van der Waals surface area contributed by atoms with E-state index in [9.17, 15) is 4.79 Å². The normalized spacial score (nSPS) is 10.6. The van der Waals surface area contributed by atoms with Crippen molar-refractivity contribution in [3.63, 3.8) is 0 Å². The number of carbonyl (C=O) groups excluding carboxylic acids is 1. The van der Waals surface area contributed by atoms with Crippen LogP contribution in [0.4, 0.5) is 10.5 Å². The molecule has 0 aliphatic carbocycles. The fourth-order valence-electron chi connectivity index (χ4n) is 3.43. The number of benzene rings is 2. The number of anilines is 1. The molecule has 2 aromatic carbocycles. The molecule has 0 saturated carbocycles. The molecular formula is C25H29N3O. The van der Waals surface area contributed by atoms with Crippen LogP contribution in [0.2, 0.25) is 0 Å². The quantitative estimate of drug-likeness (QED) is 0.500. The maximum atomic E-state index is 13.0. The minimum Gasteiger partial charge on any atom is -0.345 e. The second kappa shape index (κ2) is 9.78. The van der Waals surface area contributed by atoms with Crippen molar-refractivity contribution < 1.29 is 4.79 Å². The van der Waals surface area contributed by atoms with Crippen LogP contribution in [0.5, 0.6) is 0 Å². The molecule has 150 valence electrons. The third-order valence-electron chi connectivity index (χ3n) is 5.15. The summed E-state index contributed by atoms with van der Waals surface area (Å²) >= 11 is 0. The summed E-state index contributed by atoms with van der Waals surface area (Å²) in [5.74, 6) is 0. The zero-order valence-electron chi connectivity index (χ0n) is 17.3. The van der Waals surface area contributed by atoms with Gasteiger partial charge in [0, 0.05) is 30.7 Å². The monoisotopic (exact) mass is 387 g/mol. The first kappa shape index (κ1) is 20.5. The number of carbonyl (C=O) groups is 1. The summed E-state index contributed by atoms with van der Waals surface area (Å²) in [6, 6.07) is 20.3. The highest BCUT2D eigenvalue weighted by Crippen LogP contribution is 2.18. The van der Waals surface area contributed by atoms with E-state index in [0.717, 1.165) is 29.9 Å². The molecule has 1 N–H and O–H groups in total. The minimum atomic E-state index is -0.116. The van der Waals surface area contributed by atoms with Gasteiger partial charge in [-0.15, -0.1) is 6.58 Å². The lowest BCUT2D eigenvalue weighted by Crippen LogP contribution is -2.35. The van der Waals surface area contributed by atoms with Gasteiger partial charge in [-0.25, -0.2) is 4.79 Å². The molecule has 0 bridgehead atoms. The standard InChI is InChI=1S/C25H29N3O/c1-4-16-28(25(29)26-24-15-9-8-12-21(24)5-2)19-23-14-10-17-27(23)18-22-13-7-6-11-20(22)3/h4,6-15,17H,1,5,16,18-19H2,2-3H3,(H,26,29). The number of aryl methyl sites for hydroxylation is 2. The third kappa shape index (κ3) is 5.17. The molecule has 0 aliphatic rings. The van der Waals surface area contributed by atoms with Crippen LogP contribution in [0.3, 0.4) is 0 Å². The Morgan fingerprint density at radius 1 is 1.07 bits per heavy atom. The molecule has 0 saturated heterocycles. The van der Waals surface area contributed by atoms with Gasteiger partial charge in [0.25, 0.3) is 0 Å². The van der Waals surface area contributed by atoms with E-state index in [0.29, 0.717) is 13.1 Å². The number of rotatable bonds is 8. The van der Waals surface area contributed by atoms with Gasteiger partial charge in [0.15, 0.2) is 0 Å². The summed E-state index contributed by atoms with van der Waals surface area (Å²) in [4.78, 5) is 14.8. The fourth-order valence-corrected chi connectivity index (χ4v) is 3.43. The van der Waals surface area contributed by atoms with E-state index in [-0.39, 0.29) is 6.03 Å². The summed E-state index contributed by atoms with van der Waals surface area (Å²) in [5.41, 5.74) is 5.63. The van der Waals surface area contributed by atoms with Gasteiger partial charge in [-0.3, -0.25) is 0 Å². The highest BCUT2D eigenvalue weighted by atomic mass is 16.2. The summed E-state index contributed by atoms with van der Waals surface area (Å²) in [5, 5.41) is 3.07. The molecule has 0 spiro atoms. The van der Waals surface area contributed by atoms with E-state index in [1.54, 1.807) is 11.0 Å². The summed E-state index contributed by atoms with van der Waals surface area (Å²) in [6.45, 7) is 9.83. The summed E-state index contributed by atoms with van der Waals surface area (Å²) < 4.78 is 2.20. The van der Waals surface area contributed by atoms with Crippen LogP contribution in [0.25, 0.3) is 0 Å². The number of hydrogen-bond acceptors (Lipinski definition) is 1. The van der Waals surface area contributed by atoms with Crippen LogP contribution in [-0.2, 0) is 19.5 Å². The van der Waals surface area contributed by atoms with Gasteiger partial charge in [0.2, 0.25) is 0 Å². The largest absolute Gasteiger partial charge is 0.345 e. The number of nitrogens with zero attached hydrogens (tertiary/aromatic N) is 2. The van der Waals surface area contributed by atoms with E-state index in [1.807, 2.05) is 30.3 Å². The van der Waals surface area contributed by atoms with Gasteiger partial charge in [0.05, 0.1) is 6.54 Å². The first-order valence-corrected chi connectivity index (χ1v) is 10.1. The number of aromatic nitrogens is 1. The van der Waals surface area contributed by atoms with Crippen LogP contribution in [0.1, 0.15) is 29.3 Å². The maximum Gasteiger partial charge on any atom is 0.322 e. The Balaban J connectivity index is 1.76. The molecule has 29 heavy (non-hydrogen) atoms. The molecule has 4 heteroatoms. The Morgan fingerprint density at radius 2 is 1.79 bits per heavy atom. The number of nitrogens with one attached hydrogen (secondary N) is 1. The van der Waals surface area contributed by atoms with Crippen molar-refractivity contribution in [1.82, 2.24) is 9.47 Å². The van der Waals surface area contributed by atoms with Crippen LogP contribution >= 0.6 is 0 Å². The second-order valence-corrected chi connectivity index (χ2v) is 7.16. The molecule has 0 atom stereocenters. The van der Waals surface area contributed by atoms with E-state index in [4.69, 9.17) is 0 Å². The average molecular weight is 388 g/mol. The van der Waals surface area contributed by atoms with Crippen LogP contribution < -0.4 is 5.32 Å². The van der Waals surface area contributed by atoms with Gasteiger partial charge in [0.1, 0.15) is 0 Å². The Morgan fingerprint density at radius 3 is 2.52 bits per heavy atom. The van der Waals surface area contributed by atoms with Gasteiger partial charge in [-0.2, -0.15) is 0 Å². The second-order valence-electron chi connectivity index (χ2n) is 7.16. The van der Waals surface area contributed by atoms with E-state index >= 15 is 0 Å². The highest BCUT2D eigenvalue weighted by Gasteiger charge is 2.16. The van der Waals surface area contributed by atoms with Gasteiger partial charge in [-0.1, -0.05) is 55.5 Å². The van der Waals surface area contributed by atoms with Crippen molar-refractivity contribution in [2.45, 2.75) is 33.4 Å². The van der Waals surface area contributed by atoms with Gasteiger partial charge >= 0.3 is 6.03 Å². The molecule has 4 nitrogen and oxygen atoms in total. The van der Waals surface area contributed by atoms with Crippen LogP contribution in [0, 0.1) is 6.92 Å². The van der Waals surface area contributed by atoms with Gasteiger partial charge < -0.3 is 14.8 Å². The summed E-state index contributed by atoms with van der Waals surface area (Å²) in [6.07, 6.45) is 4.70. The van der Waals surface area contributed by atoms with Crippen molar-refractivity contribution in [1.29, 1.82) is 0 Å². The summed E-state index contributed by atoms with van der Waals surface area (Å²) in [7, 11) is 0. The molecule has 1 aromatic heterocycles. The smallest absolute Gasteiger partial charge is 0.322 e. The van der Waals surface area contributed by atoms with E-state index < -0.39 is 0 Å². The Labute approximate surface area is 173 Å². The van der Waals surface area contributed by atoms with E-state index in [1.165, 1.54) is 11.1 Å². The predicted molar refractivity (Wildman–Crippen MR) is 120 cm³/mol. The highest BCUT2D eigenvalue weighted by molar-refractivity contribution is 5.90. The van der Waals surface area contributed by atoms with Crippen LogP contribution in [-0.4, -0.2) is 22.0 Å². The Bertz CT molecular complexity index is 973. The number of para-hydroxylation sites is 1. The number of urea groups is 1. The lowest BCUT2D eigenvalue weighted by molar-refractivity contribution is 0.214. The molecular weight excluding hydrogens is 358 g/mol. The van der Waals surface area contributed by atoms with Crippen molar-refractivity contribution in [3.8, 4) is 0 Å². The van der Waals surface area contributed by atoms with Gasteiger partial charge in [-0.05, 0) is 48.2 Å². The number of amides is 2. The van der Waals surface area contributed by atoms with Crippen LogP contribution in [0.15, 0.2) is 79.5 Å². The zero-order chi connectivity index (χ0) is 20.6. The lowest BCUT2D eigenvalue weighted by Gasteiger charge is -2.23.